The topological polar surface area (TPSA) is 75.1 Å². The largest absolute Gasteiger partial charge is 0.386 e. The minimum absolute atomic E-state index is 0.0445. The number of pyridine rings is 1. The molecule has 1 saturated heterocycles. The summed E-state index contributed by atoms with van der Waals surface area (Å²) >= 11 is 0. The molecule has 1 spiro atoms. The maximum absolute atomic E-state index is 12.5. The van der Waals surface area contributed by atoms with E-state index in [-0.39, 0.29) is 17.9 Å². The van der Waals surface area contributed by atoms with Gasteiger partial charge in [0.05, 0.1) is 6.54 Å². The predicted octanol–water partition coefficient (Wildman–Crippen LogP) is 1.31. The molecule has 128 valence electrons. The first kappa shape index (κ1) is 16.4. The van der Waals surface area contributed by atoms with Gasteiger partial charge >= 0.3 is 0 Å². The second-order valence-electron chi connectivity index (χ2n) is 6.71. The molecule has 24 heavy (non-hydrogen) atoms. The van der Waals surface area contributed by atoms with Crippen LogP contribution in [0.2, 0.25) is 0 Å². The van der Waals surface area contributed by atoms with Crippen molar-refractivity contribution >= 4 is 17.5 Å². The minimum atomic E-state index is -0.564. The number of likely N-dealkylation sites (tertiary alicyclic amines) is 1. The Bertz CT molecular complexity index is 674. The van der Waals surface area contributed by atoms with Crippen LogP contribution in [0.5, 0.6) is 0 Å². The zero-order valence-electron chi connectivity index (χ0n) is 14.2. The number of nitrogens with zero attached hydrogens (tertiary/aromatic N) is 4. The van der Waals surface area contributed by atoms with Crippen molar-refractivity contribution in [1.29, 1.82) is 0 Å². The lowest BCUT2D eigenvalue weighted by molar-refractivity contribution is -0.124. The van der Waals surface area contributed by atoms with Gasteiger partial charge in [0.1, 0.15) is 5.71 Å². The monoisotopic (exact) mass is 330 g/mol. The van der Waals surface area contributed by atoms with Crippen LogP contribution < -0.4 is 0 Å². The fourth-order valence-electron chi connectivity index (χ4n) is 2.99. The summed E-state index contributed by atoms with van der Waals surface area (Å²) < 4.78 is 0. The minimum Gasteiger partial charge on any atom is -0.386 e. The van der Waals surface area contributed by atoms with Gasteiger partial charge in [-0.15, -0.1) is 0 Å². The van der Waals surface area contributed by atoms with Crippen molar-refractivity contribution in [3.63, 3.8) is 0 Å². The number of oxime groups is 1. The third-order valence-electron chi connectivity index (χ3n) is 4.71. The Morgan fingerprint density at radius 2 is 2.04 bits per heavy atom. The fraction of sp³-hybridized carbons (Fsp3) is 0.529. The maximum Gasteiger partial charge on any atom is 0.271 e. The van der Waals surface area contributed by atoms with Crippen molar-refractivity contribution in [3.8, 4) is 0 Å². The van der Waals surface area contributed by atoms with Gasteiger partial charge in [0.2, 0.25) is 0 Å². The van der Waals surface area contributed by atoms with E-state index >= 15 is 0 Å². The lowest BCUT2D eigenvalue weighted by Crippen LogP contribution is -2.40. The van der Waals surface area contributed by atoms with Gasteiger partial charge in [-0.2, -0.15) is 0 Å². The summed E-state index contributed by atoms with van der Waals surface area (Å²) in [5.74, 6) is -0.155. The molecule has 2 aliphatic rings. The third-order valence-corrected chi connectivity index (χ3v) is 4.71. The summed E-state index contributed by atoms with van der Waals surface area (Å²) in [5.41, 5.74) is 0.479. The van der Waals surface area contributed by atoms with Crippen LogP contribution in [0.15, 0.2) is 29.7 Å². The van der Waals surface area contributed by atoms with Crippen molar-refractivity contribution in [2.75, 3.05) is 20.1 Å². The van der Waals surface area contributed by atoms with Crippen LogP contribution in [-0.2, 0) is 9.63 Å². The smallest absolute Gasteiger partial charge is 0.271 e. The number of hydrogen-bond acceptors (Lipinski definition) is 5. The molecule has 0 bridgehead atoms. The van der Waals surface area contributed by atoms with Gasteiger partial charge in [-0.05, 0) is 26.0 Å². The molecule has 1 aromatic rings. The number of hydrogen-bond donors (Lipinski definition) is 0. The van der Waals surface area contributed by atoms with Gasteiger partial charge in [0.15, 0.2) is 5.60 Å². The van der Waals surface area contributed by atoms with Crippen LogP contribution in [-0.4, -0.2) is 64.1 Å². The highest BCUT2D eigenvalue weighted by Crippen LogP contribution is 2.34. The summed E-state index contributed by atoms with van der Waals surface area (Å²) in [6, 6.07) is 3.50. The Labute approximate surface area is 141 Å². The highest BCUT2D eigenvalue weighted by Gasteiger charge is 2.48. The number of carbonyl (C=O) groups excluding carboxylic acids is 2. The first-order valence-corrected chi connectivity index (χ1v) is 8.13. The number of carbonyl (C=O) groups is 2. The fourth-order valence-corrected chi connectivity index (χ4v) is 2.99. The van der Waals surface area contributed by atoms with E-state index in [9.17, 15) is 9.59 Å². The summed E-state index contributed by atoms with van der Waals surface area (Å²) in [6.07, 6.45) is 4.33. The van der Waals surface area contributed by atoms with Crippen LogP contribution in [0, 0.1) is 0 Å². The first-order chi connectivity index (χ1) is 11.4. The molecule has 7 heteroatoms. The van der Waals surface area contributed by atoms with Crippen molar-refractivity contribution < 1.29 is 14.4 Å². The SMILES string of the molecule is CC(C)N(C)C(=O)C1=NO[C@@]2(CCN(C(=O)c3ccncc3)C2)C1. The van der Waals surface area contributed by atoms with Crippen LogP contribution in [0.1, 0.15) is 37.0 Å². The molecule has 7 nitrogen and oxygen atoms in total. The van der Waals surface area contributed by atoms with Gasteiger partial charge < -0.3 is 14.6 Å². The van der Waals surface area contributed by atoms with Crippen LogP contribution in [0.3, 0.4) is 0 Å². The molecule has 0 N–H and O–H groups in total. The van der Waals surface area contributed by atoms with E-state index in [0.717, 1.165) is 0 Å². The van der Waals surface area contributed by atoms with Crippen molar-refractivity contribution in [3.05, 3.63) is 30.1 Å². The second-order valence-corrected chi connectivity index (χ2v) is 6.71. The van der Waals surface area contributed by atoms with Crippen LogP contribution >= 0.6 is 0 Å². The molecule has 0 unspecified atom stereocenters. The lowest BCUT2D eigenvalue weighted by Gasteiger charge is -2.23. The van der Waals surface area contributed by atoms with Gasteiger partial charge in [-0.3, -0.25) is 14.6 Å². The van der Waals surface area contributed by atoms with E-state index in [1.165, 1.54) is 0 Å². The molecule has 0 aliphatic carbocycles. The number of amides is 2. The Hall–Kier alpha value is -2.44. The van der Waals surface area contributed by atoms with Gasteiger partial charge in [-0.25, -0.2) is 0 Å². The zero-order valence-corrected chi connectivity index (χ0v) is 14.2. The van der Waals surface area contributed by atoms with E-state index in [0.29, 0.717) is 37.2 Å². The molecule has 0 aromatic carbocycles. The van der Waals surface area contributed by atoms with E-state index < -0.39 is 5.60 Å². The first-order valence-electron chi connectivity index (χ1n) is 8.13. The van der Waals surface area contributed by atoms with E-state index in [1.54, 1.807) is 41.4 Å². The highest BCUT2D eigenvalue weighted by atomic mass is 16.7. The maximum atomic E-state index is 12.5. The Kier molecular flexibility index (Phi) is 4.26. The predicted molar refractivity (Wildman–Crippen MR) is 88.5 cm³/mol. The molecule has 0 radical (unpaired) electrons. The zero-order chi connectivity index (χ0) is 17.3. The molecule has 3 rings (SSSR count). The molecular formula is C17H22N4O3. The molecule has 1 atom stereocenters. The van der Waals surface area contributed by atoms with Crippen molar-refractivity contribution in [2.45, 2.75) is 38.3 Å². The average molecular weight is 330 g/mol. The van der Waals surface area contributed by atoms with E-state index in [2.05, 4.69) is 10.1 Å². The highest BCUT2D eigenvalue weighted by molar-refractivity contribution is 6.39. The Morgan fingerprint density at radius 3 is 2.71 bits per heavy atom. The number of rotatable bonds is 3. The summed E-state index contributed by atoms with van der Waals surface area (Å²) in [4.78, 5) is 37.9. The van der Waals surface area contributed by atoms with Crippen LogP contribution in [0.4, 0.5) is 0 Å². The van der Waals surface area contributed by atoms with Crippen LogP contribution in [0.25, 0.3) is 0 Å². The van der Waals surface area contributed by atoms with Gasteiger partial charge in [-0.1, -0.05) is 5.16 Å². The van der Waals surface area contributed by atoms with Gasteiger partial charge in [0, 0.05) is 50.4 Å². The summed E-state index contributed by atoms with van der Waals surface area (Å²) in [6.45, 7) is 4.95. The average Bonchev–Trinajstić information content (AvgIpc) is 3.21. The molecule has 0 saturated carbocycles. The Balaban J connectivity index is 1.64. The molecule has 3 heterocycles. The van der Waals surface area contributed by atoms with Crippen molar-refractivity contribution in [2.24, 2.45) is 5.16 Å². The normalized spacial score (nSPS) is 22.7. The third kappa shape index (κ3) is 2.98. The lowest BCUT2D eigenvalue weighted by atomic mass is 9.96. The summed E-state index contributed by atoms with van der Waals surface area (Å²) in [7, 11) is 1.76. The van der Waals surface area contributed by atoms with E-state index in [4.69, 9.17) is 4.84 Å². The molecule has 2 amide bonds. The second kappa shape index (κ2) is 6.22. The van der Waals surface area contributed by atoms with Crippen molar-refractivity contribution in [1.82, 2.24) is 14.8 Å². The molecular weight excluding hydrogens is 308 g/mol. The Morgan fingerprint density at radius 1 is 1.33 bits per heavy atom. The quantitative estimate of drug-likeness (QED) is 0.837. The number of aromatic nitrogens is 1. The molecule has 1 aromatic heterocycles. The molecule has 1 fully saturated rings. The molecule has 2 aliphatic heterocycles. The summed E-state index contributed by atoms with van der Waals surface area (Å²) in [5, 5.41) is 4.02. The standard InChI is InChI=1S/C17H22N4O3/c1-12(2)20(3)16(23)14-10-17(24-19-14)6-9-21(11-17)15(22)13-4-7-18-8-5-13/h4-5,7-8,12H,6,9-11H2,1-3H3/t17-/m0/s1. The van der Waals surface area contributed by atoms with Gasteiger partial charge in [0.25, 0.3) is 11.8 Å². The van der Waals surface area contributed by atoms with E-state index in [1.807, 2.05) is 13.8 Å².